The minimum atomic E-state index is 1.10. The van der Waals surface area contributed by atoms with Gasteiger partial charge >= 0.3 is 0 Å². The Morgan fingerprint density at radius 3 is 1.40 bits per heavy atom. The molecule has 1 heterocycles. The first-order chi connectivity index (χ1) is 28.8. The summed E-state index contributed by atoms with van der Waals surface area (Å²) in [6.07, 6.45) is 0. The molecule has 272 valence electrons. The van der Waals surface area contributed by atoms with Crippen LogP contribution in [0.3, 0.4) is 0 Å². The maximum Gasteiger partial charge on any atom is 0.0640 e. The van der Waals surface area contributed by atoms with Gasteiger partial charge < -0.3 is 4.90 Å². The number of rotatable bonds is 7. The van der Waals surface area contributed by atoms with Gasteiger partial charge in [-0.3, -0.25) is 0 Å². The normalized spacial score (nSPS) is 11.4. The molecule has 0 aliphatic heterocycles. The van der Waals surface area contributed by atoms with E-state index in [9.17, 15) is 0 Å². The van der Waals surface area contributed by atoms with Crippen molar-refractivity contribution >= 4 is 70.1 Å². The van der Waals surface area contributed by atoms with E-state index in [4.69, 9.17) is 0 Å². The number of thiophene rings is 1. The number of benzene rings is 10. The van der Waals surface area contributed by atoms with Crippen molar-refractivity contribution in [1.82, 2.24) is 0 Å². The lowest BCUT2D eigenvalue weighted by Gasteiger charge is -2.32. The van der Waals surface area contributed by atoms with E-state index in [2.05, 4.69) is 229 Å². The van der Waals surface area contributed by atoms with Crippen molar-refractivity contribution in [2.45, 2.75) is 0 Å². The molecular weight excluding hydrogens is 719 g/mol. The summed E-state index contributed by atoms with van der Waals surface area (Å²) in [5.74, 6) is 0. The zero-order valence-corrected chi connectivity index (χ0v) is 32.5. The molecule has 2 heteroatoms. The Morgan fingerprint density at radius 1 is 0.293 bits per heavy atom. The van der Waals surface area contributed by atoms with Crippen molar-refractivity contribution in [3.05, 3.63) is 224 Å². The van der Waals surface area contributed by atoms with Gasteiger partial charge in [-0.2, -0.15) is 0 Å². The molecule has 0 fully saturated rings. The third-order valence-electron chi connectivity index (χ3n) is 11.4. The average Bonchev–Trinajstić information content (AvgIpc) is 3.69. The van der Waals surface area contributed by atoms with Crippen LogP contribution in [0.5, 0.6) is 0 Å². The van der Waals surface area contributed by atoms with Crippen molar-refractivity contribution in [2.75, 3.05) is 4.90 Å². The number of anilines is 3. The van der Waals surface area contributed by atoms with Crippen LogP contribution in [0.25, 0.3) is 86.2 Å². The van der Waals surface area contributed by atoms with Crippen molar-refractivity contribution < 1.29 is 0 Å². The van der Waals surface area contributed by atoms with Gasteiger partial charge in [0.1, 0.15) is 0 Å². The largest absolute Gasteiger partial charge is 0.308 e. The molecule has 0 saturated heterocycles. The van der Waals surface area contributed by atoms with E-state index in [1.165, 1.54) is 86.2 Å². The summed E-state index contributed by atoms with van der Waals surface area (Å²) in [6, 6.07) is 82.2. The molecule has 0 bridgehead atoms. The highest BCUT2D eigenvalue weighted by atomic mass is 32.1. The van der Waals surface area contributed by atoms with Crippen LogP contribution in [0.4, 0.5) is 17.1 Å². The highest BCUT2D eigenvalue weighted by molar-refractivity contribution is 7.26. The van der Waals surface area contributed by atoms with Crippen LogP contribution in [0, 0.1) is 0 Å². The molecule has 0 radical (unpaired) electrons. The van der Waals surface area contributed by atoms with Gasteiger partial charge in [-0.15, -0.1) is 11.3 Å². The molecule has 58 heavy (non-hydrogen) atoms. The van der Waals surface area contributed by atoms with Crippen molar-refractivity contribution in [1.29, 1.82) is 0 Å². The first-order valence-electron chi connectivity index (χ1n) is 19.8. The Morgan fingerprint density at radius 2 is 0.741 bits per heavy atom. The quantitative estimate of drug-likeness (QED) is 0.146. The molecule has 0 spiro atoms. The first kappa shape index (κ1) is 34.0. The summed E-state index contributed by atoms with van der Waals surface area (Å²) >= 11 is 1.88. The standard InChI is InChI=1S/C56H37NS/c1-4-18-38(19-5-1)41-24-16-25-42(34-41)54-49-29-12-10-26-46(49)47-27-11-13-30-50(47)55(54)57(52-32-17-31-51-48-28-14-15-33-53(48)58-56(51)52)45-36-43(39-20-6-2-7-21-39)35-44(37-45)40-22-8-3-9-23-40/h1-37H. The van der Waals surface area contributed by atoms with Gasteiger partial charge in [0.15, 0.2) is 0 Å². The fourth-order valence-electron chi connectivity index (χ4n) is 8.76. The molecule has 1 nitrogen and oxygen atoms in total. The molecule has 1 aromatic heterocycles. The number of nitrogens with zero attached hydrogens (tertiary/aromatic N) is 1. The Balaban J connectivity index is 1.31. The van der Waals surface area contributed by atoms with E-state index in [-0.39, 0.29) is 0 Å². The lowest BCUT2D eigenvalue weighted by molar-refractivity contribution is 1.32. The van der Waals surface area contributed by atoms with E-state index in [1.54, 1.807) is 0 Å². The van der Waals surface area contributed by atoms with Gasteiger partial charge in [0, 0.05) is 32.1 Å². The highest BCUT2D eigenvalue weighted by Gasteiger charge is 2.26. The molecule has 0 N–H and O–H groups in total. The molecule has 0 aliphatic carbocycles. The predicted octanol–water partition coefficient (Wildman–Crippen LogP) is 16.5. The van der Waals surface area contributed by atoms with Gasteiger partial charge in [-0.25, -0.2) is 0 Å². The molecule has 11 rings (SSSR count). The van der Waals surface area contributed by atoms with Gasteiger partial charge in [-0.05, 0) is 91.5 Å². The van der Waals surface area contributed by atoms with Crippen LogP contribution in [0.15, 0.2) is 224 Å². The van der Waals surface area contributed by atoms with Gasteiger partial charge in [0.05, 0.1) is 16.1 Å². The summed E-state index contributed by atoms with van der Waals surface area (Å²) in [5, 5.41) is 7.44. The predicted molar refractivity (Wildman–Crippen MR) is 251 cm³/mol. The second kappa shape index (κ2) is 14.4. The maximum atomic E-state index is 2.58. The Bertz CT molecular complexity index is 3220. The van der Waals surface area contributed by atoms with Crippen LogP contribution in [0.1, 0.15) is 0 Å². The fraction of sp³-hybridized carbons (Fsp3) is 0. The first-order valence-corrected chi connectivity index (χ1v) is 20.7. The van der Waals surface area contributed by atoms with E-state index < -0.39 is 0 Å². The smallest absolute Gasteiger partial charge is 0.0640 e. The van der Waals surface area contributed by atoms with Crippen LogP contribution < -0.4 is 4.90 Å². The Kier molecular flexibility index (Phi) is 8.42. The number of hydrogen-bond acceptors (Lipinski definition) is 2. The van der Waals surface area contributed by atoms with E-state index in [1.807, 2.05) is 11.3 Å². The van der Waals surface area contributed by atoms with Gasteiger partial charge in [0.2, 0.25) is 0 Å². The highest BCUT2D eigenvalue weighted by Crippen LogP contribution is 2.53. The lowest BCUT2D eigenvalue weighted by Crippen LogP contribution is -2.13. The van der Waals surface area contributed by atoms with E-state index in [0.29, 0.717) is 0 Å². The average molecular weight is 756 g/mol. The molecule has 0 atom stereocenters. The third kappa shape index (κ3) is 5.86. The molecule has 0 amide bonds. The van der Waals surface area contributed by atoms with Crippen molar-refractivity contribution in [3.8, 4) is 44.5 Å². The van der Waals surface area contributed by atoms with Crippen LogP contribution in [0.2, 0.25) is 0 Å². The Hall–Kier alpha value is -7.26. The zero-order chi connectivity index (χ0) is 38.4. The fourth-order valence-corrected chi connectivity index (χ4v) is 9.97. The summed E-state index contributed by atoms with van der Waals surface area (Å²) in [5.41, 5.74) is 12.9. The SMILES string of the molecule is c1ccc(-c2cccc(-c3c(N(c4cc(-c5ccccc5)cc(-c5ccccc5)c4)c4cccc5c4sc4ccccc45)c4ccccc4c4ccccc34)c2)cc1. The van der Waals surface area contributed by atoms with E-state index >= 15 is 0 Å². The summed E-state index contributed by atoms with van der Waals surface area (Å²) in [7, 11) is 0. The molecular formula is C56H37NS. The molecule has 11 aromatic rings. The second-order valence-corrected chi connectivity index (χ2v) is 15.9. The van der Waals surface area contributed by atoms with Crippen LogP contribution >= 0.6 is 11.3 Å². The summed E-state index contributed by atoms with van der Waals surface area (Å²) in [4.78, 5) is 2.58. The summed E-state index contributed by atoms with van der Waals surface area (Å²) in [6.45, 7) is 0. The minimum Gasteiger partial charge on any atom is -0.308 e. The molecule has 0 aliphatic rings. The number of hydrogen-bond donors (Lipinski definition) is 0. The second-order valence-electron chi connectivity index (χ2n) is 14.8. The summed E-state index contributed by atoms with van der Waals surface area (Å²) < 4.78 is 2.54. The maximum absolute atomic E-state index is 2.58. The van der Waals surface area contributed by atoms with Gasteiger partial charge in [-0.1, -0.05) is 188 Å². The van der Waals surface area contributed by atoms with E-state index in [0.717, 1.165) is 17.1 Å². The minimum absolute atomic E-state index is 1.10. The zero-order valence-electron chi connectivity index (χ0n) is 31.7. The van der Waals surface area contributed by atoms with Crippen molar-refractivity contribution in [3.63, 3.8) is 0 Å². The molecule has 0 unspecified atom stereocenters. The molecule has 10 aromatic carbocycles. The van der Waals surface area contributed by atoms with Crippen LogP contribution in [-0.2, 0) is 0 Å². The topological polar surface area (TPSA) is 3.24 Å². The number of fused-ring (bicyclic) bond motifs is 6. The molecule has 0 saturated carbocycles. The third-order valence-corrected chi connectivity index (χ3v) is 12.6. The lowest BCUT2D eigenvalue weighted by atomic mass is 9.88. The Labute approximate surface area is 342 Å². The van der Waals surface area contributed by atoms with Gasteiger partial charge in [0.25, 0.3) is 0 Å². The van der Waals surface area contributed by atoms with Crippen molar-refractivity contribution in [2.24, 2.45) is 0 Å². The monoisotopic (exact) mass is 755 g/mol. The van der Waals surface area contributed by atoms with Crippen LogP contribution in [-0.4, -0.2) is 0 Å².